The lowest BCUT2D eigenvalue weighted by atomic mass is 10.2. The molecule has 0 spiro atoms. The normalized spacial score (nSPS) is 10.0. The molecule has 5 heteroatoms. The number of aromatic nitrogens is 2. The molecule has 0 aliphatic carbocycles. The fourth-order valence-electron chi connectivity index (χ4n) is 1.11. The highest BCUT2D eigenvalue weighted by molar-refractivity contribution is 9.10. The average molecular weight is 295 g/mol. The average Bonchev–Trinajstić information content (AvgIpc) is 2.75. The van der Waals surface area contributed by atoms with Crippen molar-refractivity contribution in [3.05, 3.63) is 28.7 Å². The molecule has 0 fully saturated rings. The Balaban J connectivity index is 2.26. The van der Waals surface area contributed by atoms with Crippen molar-refractivity contribution in [2.24, 2.45) is 0 Å². The van der Waals surface area contributed by atoms with Crippen LogP contribution < -0.4 is 0 Å². The second kappa shape index (κ2) is 5.19. The topological polar surface area (TPSA) is 38.9 Å². The van der Waals surface area contributed by atoms with Crippen molar-refractivity contribution >= 4 is 27.7 Å². The number of nitrogens with zero attached hydrogens (tertiary/aromatic N) is 2. The van der Waals surface area contributed by atoms with E-state index in [1.807, 2.05) is 24.3 Å². The standard InChI is InChI=1S/C11H7BrN2OS/c1-2-7-16-11-14-13-10(15-11)8-5-3-4-6-9(8)12/h1,3-6H,7H2. The van der Waals surface area contributed by atoms with E-state index in [4.69, 9.17) is 10.8 Å². The molecule has 2 rings (SSSR count). The van der Waals surface area contributed by atoms with E-state index in [9.17, 15) is 0 Å². The van der Waals surface area contributed by atoms with E-state index < -0.39 is 0 Å². The van der Waals surface area contributed by atoms with E-state index in [1.165, 1.54) is 11.8 Å². The van der Waals surface area contributed by atoms with E-state index in [1.54, 1.807) is 0 Å². The molecule has 0 saturated heterocycles. The van der Waals surface area contributed by atoms with E-state index in [0.29, 0.717) is 16.9 Å². The van der Waals surface area contributed by atoms with Gasteiger partial charge in [-0.1, -0.05) is 29.8 Å². The highest BCUT2D eigenvalue weighted by atomic mass is 79.9. The maximum atomic E-state index is 5.47. The van der Waals surface area contributed by atoms with E-state index >= 15 is 0 Å². The Bertz CT molecular complexity index is 533. The predicted molar refractivity (Wildman–Crippen MR) is 67.0 cm³/mol. The third kappa shape index (κ3) is 2.46. The molecule has 0 bridgehead atoms. The van der Waals surface area contributed by atoms with Gasteiger partial charge in [-0.25, -0.2) is 0 Å². The van der Waals surface area contributed by atoms with Crippen molar-refractivity contribution in [1.29, 1.82) is 0 Å². The number of hydrogen-bond donors (Lipinski definition) is 0. The van der Waals surface area contributed by atoms with Gasteiger partial charge in [0, 0.05) is 4.47 Å². The van der Waals surface area contributed by atoms with Gasteiger partial charge in [0.1, 0.15) is 0 Å². The van der Waals surface area contributed by atoms with Crippen molar-refractivity contribution in [3.8, 4) is 23.8 Å². The lowest BCUT2D eigenvalue weighted by Gasteiger charge is -1.96. The van der Waals surface area contributed by atoms with Crippen LogP contribution in [0.2, 0.25) is 0 Å². The highest BCUT2D eigenvalue weighted by Crippen LogP contribution is 2.28. The molecule has 0 saturated carbocycles. The molecule has 1 aromatic carbocycles. The first-order chi connectivity index (χ1) is 7.81. The monoisotopic (exact) mass is 294 g/mol. The molecule has 2 aromatic rings. The summed E-state index contributed by atoms with van der Waals surface area (Å²) in [5.74, 6) is 3.52. The number of thioether (sulfide) groups is 1. The van der Waals surface area contributed by atoms with Gasteiger partial charge in [0.15, 0.2) is 0 Å². The molecule has 0 radical (unpaired) electrons. The molecular weight excluding hydrogens is 288 g/mol. The summed E-state index contributed by atoms with van der Waals surface area (Å²) in [6, 6.07) is 7.68. The summed E-state index contributed by atoms with van der Waals surface area (Å²) < 4.78 is 6.39. The summed E-state index contributed by atoms with van der Waals surface area (Å²) in [6.07, 6.45) is 5.15. The SMILES string of the molecule is C#CCSc1nnc(-c2ccccc2Br)o1. The lowest BCUT2D eigenvalue weighted by molar-refractivity contribution is 0.466. The zero-order valence-corrected chi connectivity index (χ0v) is 10.6. The molecule has 0 amide bonds. The molecular formula is C11H7BrN2OS. The summed E-state index contributed by atoms with van der Waals surface area (Å²) in [6.45, 7) is 0. The van der Waals surface area contributed by atoms with Crippen LogP contribution in [-0.4, -0.2) is 16.0 Å². The zero-order valence-electron chi connectivity index (χ0n) is 8.18. The van der Waals surface area contributed by atoms with E-state index in [-0.39, 0.29) is 0 Å². The molecule has 0 aliphatic heterocycles. The first kappa shape index (κ1) is 11.2. The molecule has 1 aromatic heterocycles. The molecule has 80 valence electrons. The quantitative estimate of drug-likeness (QED) is 0.644. The summed E-state index contributed by atoms with van der Waals surface area (Å²) in [7, 11) is 0. The van der Waals surface area contributed by atoms with Gasteiger partial charge in [-0.05, 0) is 28.1 Å². The van der Waals surface area contributed by atoms with Gasteiger partial charge in [0.05, 0.1) is 11.3 Å². The Kier molecular flexibility index (Phi) is 3.65. The van der Waals surface area contributed by atoms with Crippen LogP contribution in [0, 0.1) is 12.3 Å². The van der Waals surface area contributed by atoms with Crippen LogP contribution in [0.1, 0.15) is 0 Å². The predicted octanol–water partition coefficient (Wildman–Crippen LogP) is 3.22. The van der Waals surface area contributed by atoms with Crippen LogP contribution in [0.15, 0.2) is 38.4 Å². The largest absolute Gasteiger partial charge is 0.411 e. The van der Waals surface area contributed by atoms with Crippen molar-refractivity contribution < 1.29 is 4.42 Å². The van der Waals surface area contributed by atoms with Crippen LogP contribution >= 0.6 is 27.7 Å². The van der Waals surface area contributed by atoms with Crippen molar-refractivity contribution in [2.45, 2.75) is 5.22 Å². The fraction of sp³-hybridized carbons (Fsp3) is 0.0909. The molecule has 0 unspecified atom stereocenters. The number of halogens is 1. The van der Waals surface area contributed by atoms with Crippen LogP contribution in [-0.2, 0) is 0 Å². The molecule has 0 aliphatic rings. The minimum Gasteiger partial charge on any atom is -0.411 e. The van der Waals surface area contributed by atoms with Gasteiger partial charge in [0.25, 0.3) is 5.22 Å². The van der Waals surface area contributed by atoms with Gasteiger partial charge < -0.3 is 4.42 Å². The first-order valence-electron chi connectivity index (χ1n) is 4.46. The minimum absolute atomic E-state index is 0.490. The maximum absolute atomic E-state index is 5.47. The van der Waals surface area contributed by atoms with Gasteiger partial charge >= 0.3 is 0 Å². The number of rotatable bonds is 3. The Morgan fingerprint density at radius 1 is 1.38 bits per heavy atom. The van der Waals surface area contributed by atoms with Gasteiger partial charge in [-0.15, -0.1) is 16.6 Å². The zero-order chi connectivity index (χ0) is 11.4. The second-order valence-corrected chi connectivity index (χ2v) is 4.63. The molecule has 0 N–H and O–H groups in total. The summed E-state index contributed by atoms with van der Waals surface area (Å²) in [5.41, 5.74) is 0.877. The van der Waals surface area contributed by atoms with Gasteiger partial charge in [0.2, 0.25) is 5.89 Å². The van der Waals surface area contributed by atoms with Crippen molar-refractivity contribution in [3.63, 3.8) is 0 Å². The third-order valence-electron chi connectivity index (χ3n) is 1.79. The van der Waals surface area contributed by atoms with Gasteiger partial charge in [-0.2, -0.15) is 0 Å². The number of benzene rings is 1. The molecule has 1 heterocycles. The van der Waals surface area contributed by atoms with Crippen LogP contribution in [0.5, 0.6) is 0 Å². The summed E-state index contributed by atoms with van der Waals surface area (Å²) in [4.78, 5) is 0. The van der Waals surface area contributed by atoms with E-state index in [0.717, 1.165) is 10.0 Å². The smallest absolute Gasteiger partial charge is 0.277 e. The van der Waals surface area contributed by atoms with Crippen LogP contribution in [0.3, 0.4) is 0 Å². The van der Waals surface area contributed by atoms with Crippen LogP contribution in [0.25, 0.3) is 11.5 Å². The molecule has 0 atom stereocenters. The summed E-state index contributed by atoms with van der Waals surface area (Å²) in [5, 5.41) is 8.35. The summed E-state index contributed by atoms with van der Waals surface area (Å²) >= 11 is 4.78. The minimum atomic E-state index is 0.490. The van der Waals surface area contributed by atoms with Gasteiger partial charge in [-0.3, -0.25) is 0 Å². The van der Waals surface area contributed by atoms with E-state index in [2.05, 4.69) is 32.0 Å². The molecule has 16 heavy (non-hydrogen) atoms. The second-order valence-electron chi connectivity index (χ2n) is 2.85. The van der Waals surface area contributed by atoms with Crippen molar-refractivity contribution in [2.75, 3.05) is 5.75 Å². The Morgan fingerprint density at radius 2 is 2.19 bits per heavy atom. The first-order valence-corrected chi connectivity index (χ1v) is 6.24. The fourth-order valence-corrected chi connectivity index (χ4v) is 2.01. The Hall–Kier alpha value is -1.25. The van der Waals surface area contributed by atoms with Crippen LogP contribution in [0.4, 0.5) is 0 Å². The Morgan fingerprint density at radius 3 is 2.94 bits per heavy atom. The lowest BCUT2D eigenvalue weighted by Crippen LogP contribution is -1.78. The highest BCUT2D eigenvalue weighted by Gasteiger charge is 2.10. The third-order valence-corrected chi connectivity index (χ3v) is 3.20. The maximum Gasteiger partial charge on any atom is 0.277 e. The van der Waals surface area contributed by atoms with Crippen molar-refractivity contribution in [1.82, 2.24) is 10.2 Å². The number of hydrogen-bond acceptors (Lipinski definition) is 4. The molecule has 3 nitrogen and oxygen atoms in total. The Labute approximate surface area is 106 Å². The number of terminal acetylenes is 1.